The molecule has 0 spiro atoms. The monoisotopic (exact) mass is 962 g/mol. The number of rotatable bonds is 9. The summed E-state index contributed by atoms with van der Waals surface area (Å²) in [5, 5.41) is 2.10. The van der Waals surface area contributed by atoms with Crippen LogP contribution in [0.5, 0.6) is 0 Å². The van der Waals surface area contributed by atoms with Crippen molar-refractivity contribution in [1.82, 2.24) is 19.9 Å². The molecule has 0 N–H and O–H groups in total. The number of nitrogens with zero attached hydrogens (tertiary/aromatic N) is 4. The second-order valence-corrected chi connectivity index (χ2v) is 19.6. The summed E-state index contributed by atoms with van der Waals surface area (Å²) in [4.78, 5) is 21.0. The summed E-state index contributed by atoms with van der Waals surface area (Å²) in [5.74, 6) is 1.36. The maximum absolute atomic E-state index is 6.55. The third kappa shape index (κ3) is 7.91. The average molecular weight is 963 g/mol. The Balaban J connectivity index is 0.802. The summed E-state index contributed by atoms with van der Waals surface area (Å²) < 4.78 is 8.83. The van der Waals surface area contributed by atoms with Crippen molar-refractivity contribution in [3.63, 3.8) is 0 Å². The van der Waals surface area contributed by atoms with E-state index in [-0.39, 0.29) is 0 Å². The Morgan fingerprint density at radius 3 is 1.19 bits per heavy atom. The maximum atomic E-state index is 6.55. The van der Waals surface area contributed by atoms with Crippen LogP contribution in [0.1, 0.15) is 0 Å². The summed E-state index contributed by atoms with van der Waals surface area (Å²) in [6.07, 6.45) is 0. The molecule has 0 fully saturated rings. The molecule has 4 heterocycles. The number of para-hydroxylation sites is 1. The van der Waals surface area contributed by atoms with Gasteiger partial charge < -0.3 is 4.42 Å². The zero-order valence-electron chi connectivity index (χ0n) is 39.9. The van der Waals surface area contributed by atoms with E-state index < -0.39 is 0 Å². The molecule has 5 nitrogen and oxygen atoms in total. The van der Waals surface area contributed by atoms with Gasteiger partial charge in [-0.2, -0.15) is 0 Å². The largest absolute Gasteiger partial charge is 0.452 e. The molecule has 0 aliphatic rings. The normalized spacial score (nSPS) is 11.5. The first-order valence-electron chi connectivity index (χ1n) is 24.8. The first kappa shape index (κ1) is 43.2. The molecule has 4 aromatic heterocycles. The van der Waals surface area contributed by atoms with Gasteiger partial charge in [-0.25, -0.2) is 19.9 Å². The van der Waals surface area contributed by atoms with Crippen LogP contribution in [0.3, 0.4) is 0 Å². The summed E-state index contributed by atoms with van der Waals surface area (Å²) in [7, 11) is 0. The first-order chi connectivity index (χ1) is 36.6. The lowest BCUT2D eigenvalue weighted by atomic mass is 9.94. The van der Waals surface area contributed by atoms with Crippen LogP contribution in [0.2, 0.25) is 0 Å². The molecule has 346 valence electrons. The molecule has 0 unspecified atom stereocenters. The number of aromatic nitrogens is 4. The minimum Gasteiger partial charge on any atom is -0.452 e. The lowest BCUT2D eigenvalue weighted by Gasteiger charge is -2.12. The minimum atomic E-state index is 0.650. The van der Waals surface area contributed by atoms with E-state index in [1.165, 1.54) is 15.8 Å². The fourth-order valence-corrected chi connectivity index (χ4v) is 11.3. The van der Waals surface area contributed by atoms with Gasteiger partial charge in [0, 0.05) is 37.7 Å². The maximum Gasteiger partial charge on any atom is 0.180 e. The van der Waals surface area contributed by atoms with Crippen molar-refractivity contribution in [1.29, 1.82) is 0 Å². The van der Waals surface area contributed by atoms with Gasteiger partial charge in [-0.3, -0.25) is 0 Å². The summed E-state index contributed by atoms with van der Waals surface area (Å²) in [6.45, 7) is 0. The Bertz CT molecular complexity index is 4120. The zero-order valence-corrected chi connectivity index (χ0v) is 40.7. The van der Waals surface area contributed by atoms with Gasteiger partial charge in [-0.15, -0.1) is 11.3 Å². The van der Waals surface area contributed by atoms with Crippen molar-refractivity contribution >= 4 is 53.7 Å². The van der Waals surface area contributed by atoms with Gasteiger partial charge in [-0.05, 0) is 98.1 Å². The van der Waals surface area contributed by atoms with Crippen molar-refractivity contribution in [2.24, 2.45) is 0 Å². The number of hydrogen-bond donors (Lipinski definition) is 0. The van der Waals surface area contributed by atoms with E-state index in [1.807, 2.05) is 30.3 Å². The Kier molecular flexibility index (Phi) is 10.6. The molecule has 0 aliphatic carbocycles. The van der Waals surface area contributed by atoms with Crippen molar-refractivity contribution in [3.05, 3.63) is 255 Å². The summed E-state index contributed by atoms with van der Waals surface area (Å²) in [6, 6.07) is 89.5. The summed E-state index contributed by atoms with van der Waals surface area (Å²) in [5.41, 5.74) is 20.2. The molecule has 0 atom stereocenters. The van der Waals surface area contributed by atoms with Gasteiger partial charge in [0.15, 0.2) is 17.2 Å². The highest BCUT2D eigenvalue weighted by Gasteiger charge is 2.20. The molecule has 0 bridgehead atoms. The van der Waals surface area contributed by atoms with Crippen LogP contribution in [-0.4, -0.2) is 19.9 Å². The van der Waals surface area contributed by atoms with Crippen LogP contribution in [0.25, 0.3) is 143 Å². The zero-order chi connectivity index (χ0) is 49.0. The van der Waals surface area contributed by atoms with Crippen LogP contribution in [-0.2, 0) is 0 Å². The molecule has 0 aliphatic heterocycles. The van der Waals surface area contributed by atoms with E-state index in [2.05, 4.69) is 224 Å². The number of benzene rings is 10. The number of fused-ring (bicyclic) bond motifs is 6. The molecule has 14 rings (SSSR count). The average Bonchev–Trinajstić information content (AvgIpc) is 4.07. The molecule has 74 heavy (non-hydrogen) atoms. The SMILES string of the molecule is c1ccc(-c2ccc(-c3nc(-c4cccc(-c5cccc(-c6cccc(-c7cccc(-c8nc(-c9ccc(-c%10ccccc%10)cc9)nc9c8sc8ccccc89)c7)c6)c5)c4)c4oc5ccccc5c4n3)cc2)cc1. The highest BCUT2D eigenvalue weighted by atomic mass is 32.1. The Morgan fingerprint density at radius 1 is 0.270 bits per heavy atom. The van der Waals surface area contributed by atoms with E-state index >= 15 is 0 Å². The quantitative estimate of drug-likeness (QED) is 0.144. The number of thiophene rings is 1. The molecule has 10 aromatic carbocycles. The number of furan rings is 1. The second-order valence-electron chi connectivity index (χ2n) is 18.6. The van der Waals surface area contributed by atoms with Gasteiger partial charge in [0.05, 0.1) is 15.9 Å². The van der Waals surface area contributed by atoms with Crippen molar-refractivity contribution < 1.29 is 4.42 Å². The fourth-order valence-electron chi connectivity index (χ4n) is 10.2. The van der Waals surface area contributed by atoms with E-state index in [4.69, 9.17) is 24.4 Å². The van der Waals surface area contributed by atoms with Crippen LogP contribution in [0.15, 0.2) is 259 Å². The predicted molar refractivity (Wildman–Crippen MR) is 307 cm³/mol. The van der Waals surface area contributed by atoms with Gasteiger partial charge in [-0.1, -0.05) is 212 Å². The van der Waals surface area contributed by atoms with Gasteiger partial charge >= 0.3 is 0 Å². The Morgan fingerprint density at radius 2 is 0.649 bits per heavy atom. The molecule has 0 saturated heterocycles. The molecular formula is C68H42N4OS. The molecule has 0 amide bonds. The highest BCUT2D eigenvalue weighted by molar-refractivity contribution is 7.26. The Hall–Kier alpha value is -9.62. The van der Waals surface area contributed by atoms with Crippen molar-refractivity contribution in [2.45, 2.75) is 0 Å². The van der Waals surface area contributed by atoms with Gasteiger partial charge in [0.2, 0.25) is 0 Å². The highest BCUT2D eigenvalue weighted by Crippen LogP contribution is 2.42. The smallest absolute Gasteiger partial charge is 0.180 e. The molecule has 6 heteroatoms. The van der Waals surface area contributed by atoms with E-state index in [9.17, 15) is 0 Å². The number of hydrogen-bond acceptors (Lipinski definition) is 6. The summed E-state index contributed by atoms with van der Waals surface area (Å²) >= 11 is 1.75. The second kappa shape index (κ2) is 18.2. The van der Waals surface area contributed by atoms with E-state index in [1.54, 1.807) is 11.3 Å². The van der Waals surface area contributed by atoms with Crippen LogP contribution in [0, 0.1) is 0 Å². The van der Waals surface area contributed by atoms with E-state index in [0.29, 0.717) is 17.2 Å². The third-order valence-corrected chi connectivity index (χ3v) is 15.1. The van der Waals surface area contributed by atoms with Gasteiger partial charge in [0.1, 0.15) is 16.8 Å². The lowest BCUT2D eigenvalue weighted by molar-refractivity contribution is 0.667. The van der Waals surface area contributed by atoms with Crippen LogP contribution in [0.4, 0.5) is 0 Å². The third-order valence-electron chi connectivity index (χ3n) is 13.9. The first-order valence-corrected chi connectivity index (χ1v) is 25.6. The predicted octanol–water partition coefficient (Wildman–Crippen LogP) is 18.5. The van der Waals surface area contributed by atoms with Gasteiger partial charge in [0.25, 0.3) is 0 Å². The molecule has 0 radical (unpaired) electrons. The van der Waals surface area contributed by atoms with Crippen LogP contribution < -0.4 is 0 Å². The van der Waals surface area contributed by atoms with Crippen LogP contribution >= 0.6 is 11.3 Å². The standard InChI is InChI=1S/C68H42N4OS/c1-3-15-43(16-4-1)45-31-35-47(36-32-45)67-69-61(65-63(71-67)57-27-7-9-29-59(57)73-65)55-25-13-23-53(41-55)51-21-11-19-49(39-51)50-20-12-22-52(40-50)54-24-14-26-56(42-54)62-66-64(58-28-8-10-30-60(58)74-66)72-68(70-62)48-37-33-46(34-38-48)44-17-5-2-6-18-44/h1-42H. The Labute approximate surface area is 431 Å². The lowest BCUT2D eigenvalue weighted by Crippen LogP contribution is -1.94. The van der Waals surface area contributed by atoms with Crippen molar-refractivity contribution in [2.75, 3.05) is 0 Å². The minimum absolute atomic E-state index is 0.650. The van der Waals surface area contributed by atoms with Crippen molar-refractivity contribution in [3.8, 4) is 101 Å². The topological polar surface area (TPSA) is 64.7 Å². The molecule has 14 aromatic rings. The molecular weight excluding hydrogens is 921 g/mol. The molecule has 0 saturated carbocycles. The van der Waals surface area contributed by atoms with E-state index in [0.717, 1.165) is 110 Å². The fraction of sp³-hybridized carbons (Fsp3) is 0.